The fraction of sp³-hybridized carbons (Fsp3) is 1.00. The van der Waals surface area contributed by atoms with Gasteiger partial charge in [0.1, 0.15) is 0 Å². The van der Waals surface area contributed by atoms with E-state index in [-0.39, 0.29) is 0 Å². The van der Waals surface area contributed by atoms with E-state index in [0.717, 1.165) is 25.6 Å². The Kier molecular flexibility index (Phi) is 3.81. The first-order valence-corrected chi connectivity index (χ1v) is 7.05. The molecule has 2 saturated carbocycles. The third-order valence-electron chi connectivity index (χ3n) is 5.63. The van der Waals surface area contributed by atoms with Crippen LogP contribution in [0.5, 0.6) is 0 Å². The van der Waals surface area contributed by atoms with Gasteiger partial charge in [0.15, 0.2) is 0 Å². The normalized spacial score (nSPS) is 38.8. The summed E-state index contributed by atoms with van der Waals surface area (Å²) in [7, 11) is 0. The van der Waals surface area contributed by atoms with Crippen molar-refractivity contribution in [1.82, 2.24) is 5.32 Å². The lowest BCUT2D eigenvalue weighted by atomic mass is 9.70. The number of fused-ring (bicyclic) bond motifs is 2. The van der Waals surface area contributed by atoms with E-state index in [1.54, 1.807) is 0 Å². The van der Waals surface area contributed by atoms with Crippen LogP contribution in [0.25, 0.3) is 0 Å². The Labute approximate surface area is 105 Å². The Hall–Kier alpha value is -0.120. The van der Waals surface area contributed by atoms with E-state index in [1.807, 2.05) is 0 Å². The molecule has 2 aliphatic rings. The molecule has 0 saturated heterocycles. The van der Waals surface area contributed by atoms with Gasteiger partial charge >= 0.3 is 0 Å². The van der Waals surface area contributed by atoms with Gasteiger partial charge in [0.05, 0.1) is 12.7 Å². The Bertz CT molecular complexity index is 267. The fourth-order valence-electron chi connectivity index (χ4n) is 3.88. The first-order valence-electron chi connectivity index (χ1n) is 7.05. The molecule has 3 N–H and O–H groups in total. The van der Waals surface area contributed by atoms with Gasteiger partial charge in [0.25, 0.3) is 0 Å². The topological polar surface area (TPSA) is 47.3 Å². The van der Waals surface area contributed by atoms with E-state index in [9.17, 15) is 0 Å². The molecular formula is C14H28N2O. The van der Waals surface area contributed by atoms with Crippen molar-refractivity contribution in [2.75, 3.05) is 26.2 Å². The van der Waals surface area contributed by atoms with Gasteiger partial charge in [-0.15, -0.1) is 0 Å². The van der Waals surface area contributed by atoms with E-state index >= 15 is 0 Å². The molecule has 0 heterocycles. The van der Waals surface area contributed by atoms with Gasteiger partial charge < -0.3 is 15.8 Å². The number of hydrogen-bond donors (Lipinski definition) is 2. The van der Waals surface area contributed by atoms with Crippen molar-refractivity contribution < 1.29 is 4.74 Å². The molecule has 3 heteroatoms. The second-order valence-electron chi connectivity index (χ2n) is 6.51. The van der Waals surface area contributed by atoms with Crippen molar-refractivity contribution in [1.29, 1.82) is 0 Å². The molecule has 0 aliphatic heterocycles. The second-order valence-corrected chi connectivity index (χ2v) is 6.51. The van der Waals surface area contributed by atoms with Crippen molar-refractivity contribution in [2.24, 2.45) is 22.5 Å². The van der Waals surface area contributed by atoms with E-state index in [2.05, 4.69) is 26.1 Å². The van der Waals surface area contributed by atoms with Crippen LogP contribution >= 0.6 is 0 Å². The average molecular weight is 240 g/mol. The molecule has 0 aromatic heterocycles. The molecule has 2 aliphatic carbocycles. The first-order chi connectivity index (χ1) is 8.02. The van der Waals surface area contributed by atoms with Gasteiger partial charge in [-0.3, -0.25) is 0 Å². The van der Waals surface area contributed by atoms with Crippen molar-refractivity contribution >= 4 is 0 Å². The Morgan fingerprint density at radius 1 is 1.29 bits per heavy atom. The number of ether oxygens (including phenoxy) is 1. The molecule has 0 spiro atoms. The minimum Gasteiger partial charge on any atom is -0.376 e. The molecule has 0 radical (unpaired) electrons. The maximum Gasteiger partial charge on any atom is 0.0637 e. The first kappa shape index (κ1) is 13.3. The molecule has 0 aromatic rings. The molecule has 3 atom stereocenters. The van der Waals surface area contributed by atoms with Crippen LogP contribution in [0.15, 0.2) is 0 Å². The third kappa shape index (κ3) is 2.13. The zero-order chi connectivity index (χ0) is 12.5. The zero-order valence-corrected chi connectivity index (χ0v) is 11.6. The van der Waals surface area contributed by atoms with Crippen LogP contribution in [0.4, 0.5) is 0 Å². The quantitative estimate of drug-likeness (QED) is 0.696. The summed E-state index contributed by atoms with van der Waals surface area (Å²) in [5.41, 5.74) is 6.29. The van der Waals surface area contributed by atoms with Crippen molar-refractivity contribution in [3.05, 3.63) is 0 Å². The Morgan fingerprint density at radius 3 is 2.59 bits per heavy atom. The summed E-state index contributed by atoms with van der Waals surface area (Å²) in [5, 5.41) is 3.29. The molecule has 0 unspecified atom stereocenters. The molecule has 0 aromatic carbocycles. The van der Waals surface area contributed by atoms with Crippen LogP contribution in [-0.2, 0) is 4.74 Å². The van der Waals surface area contributed by atoms with Crippen molar-refractivity contribution in [2.45, 2.75) is 46.1 Å². The largest absolute Gasteiger partial charge is 0.376 e. The number of nitrogens with two attached hydrogens (primary N) is 1. The number of hydrogen-bond acceptors (Lipinski definition) is 3. The summed E-state index contributed by atoms with van der Waals surface area (Å²) in [6.07, 6.45) is 4.47. The summed E-state index contributed by atoms with van der Waals surface area (Å²) >= 11 is 0. The summed E-state index contributed by atoms with van der Waals surface area (Å²) in [4.78, 5) is 0. The van der Waals surface area contributed by atoms with Gasteiger partial charge in [-0.25, -0.2) is 0 Å². The van der Waals surface area contributed by atoms with Crippen LogP contribution in [-0.4, -0.2) is 32.3 Å². The van der Waals surface area contributed by atoms with Gasteiger partial charge in [0.2, 0.25) is 0 Å². The molecule has 3 nitrogen and oxygen atoms in total. The summed E-state index contributed by atoms with van der Waals surface area (Å²) < 4.78 is 6.12. The highest BCUT2D eigenvalue weighted by Crippen LogP contribution is 2.66. The van der Waals surface area contributed by atoms with E-state index in [1.165, 1.54) is 19.3 Å². The van der Waals surface area contributed by atoms with Crippen LogP contribution in [0.2, 0.25) is 0 Å². The summed E-state index contributed by atoms with van der Waals surface area (Å²) in [5.74, 6) is 0.870. The monoisotopic (exact) mass is 240 g/mol. The minimum atomic E-state index is 0.394. The Balaban J connectivity index is 1.80. The maximum absolute atomic E-state index is 6.12. The van der Waals surface area contributed by atoms with Crippen molar-refractivity contribution in [3.63, 3.8) is 0 Å². The summed E-state index contributed by atoms with van der Waals surface area (Å²) in [6.45, 7) is 10.6. The third-order valence-corrected chi connectivity index (χ3v) is 5.63. The molecule has 2 fully saturated rings. The fourth-order valence-corrected chi connectivity index (χ4v) is 3.88. The minimum absolute atomic E-state index is 0.394. The van der Waals surface area contributed by atoms with Crippen LogP contribution in [0.1, 0.15) is 40.0 Å². The molecule has 2 bridgehead atoms. The lowest BCUT2D eigenvalue weighted by Gasteiger charge is -2.38. The highest BCUT2D eigenvalue weighted by atomic mass is 16.5. The molecular weight excluding hydrogens is 212 g/mol. The van der Waals surface area contributed by atoms with E-state index in [4.69, 9.17) is 10.5 Å². The molecule has 17 heavy (non-hydrogen) atoms. The maximum atomic E-state index is 6.12. The Morgan fingerprint density at radius 2 is 2.06 bits per heavy atom. The lowest BCUT2D eigenvalue weighted by molar-refractivity contribution is -0.0449. The molecule has 100 valence electrons. The predicted molar refractivity (Wildman–Crippen MR) is 70.9 cm³/mol. The standard InChI is InChI=1S/C14H28N2O/c1-13(2)11-4-5-14(13,3)12(10-11)17-9-8-16-7-6-15/h11-12,16H,4-10,15H2,1-3H3/t11-,12-,14-/m1/s1. The average Bonchev–Trinajstić information content (AvgIpc) is 2.61. The van der Waals surface area contributed by atoms with Gasteiger partial charge in [-0.1, -0.05) is 20.8 Å². The molecule has 0 amide bonds. The SMILES string of the molecule is CC1(C)[C@@H]2CC[C@]1(C)[C@H](OCCNCCN)C2. The zero-order valence-electron chi connectivity index (χ0n) is 11.6. The van der Waals surface area contributed by atoms with Gasteiger partial charge in [-0.2, -0.15) is 0 Å². The number of rotatable bonds is 6. The number of nitrogens with one attached hydrogen (secondary N) is 1. The molecule has 2 rings (SSSR count). The second kappa shape index (κ2) is 4.87. The van der Waals surface area contributed by atoms with Crippen LogP contribution < -0.4 is 11.1 Å². The highest BCUT2D eigenvalue weighted by Gasteiger charge is 2.61. The summed E-state index contributed by atoms with van der Waals surface area (Å²) in [6, 6.07) is 0. The van der Waals surface area contributed by atoms with Crippen molar-refractivity contribution in [3.8, 4) is 0 Å². The van der Waals surface area contributed by atoms with Crippen LogP contribution in [0, 0.1) is 16.7 Å². The van der Waals surface area contributed by atoms with Crippen LogP contribution in [0.3, 0.4) is 0 Å². The van der Waals surface area contributed by atoms with Gasteiger partial charge in [-0.05, 0) is 36.0 Å². The van der Waals surface area contributed by atoms with Gasteiger partial charge in [0, 0.05) is 19.6 Å². The lowest BCUT2D eigenvalue weighted by Crippen LogP contribution is -2.38. The highest BCUT2D eigenvalue weighted by molar-refractivity contribution is 5.11. The predicted octanol–water partition coefficient (Wildman–Crippen LogP) is 1.77. The van der Waals surface area contributed by atoms with E-state index < -0.39 is 0 Å². The smallest absolute Gasteiger partial charge is 0.0637 e. The van der Waals surface area contributed by atoms with E-state index in [0.29, 0.717) is 23.5 Å².